The highest BCUT2D eigenvalue weighted by Crippen LogP contribution is 2.28. The Bertz CT molecular complexity index is 1400. The molecule has 35 heavy (non-hydrogen) atoms. The van der Waals surface area contributed by atoms with Crippen molar-refractivity contribution in [2.24, 2.45) is 0 Å². The van der Waals surface area contributed by atoms with Crippen molar-refractivity contribution < 1.29 is 16.8 Å². The molecule has 2 fully saturated rings. The van der Waals surface area contributed by atoms with Gasteiger partial charge in [-0.3, -0.25) is 0 Å². The number of hydrogen-bond donors (Lipinski definition) is 1. The SMILES string of the molecule is CC1CCC(Nc2ccc(S(=O)(=O)N3CCN(c4cccnc4C#N)CC3)cc2C#N)CS1(=O)=O. The van der Waals surface area contributed by atoms with E-state index in [0.717, 1.165) is 0 Å². The van der Waals surface area contributed by atoms with Crippen LogP contribution in [0.25, 0.3) is 0 Å². The Morgan fingerprint density at radius 1 is 1.09 bits per heavy atom. The lowest BCUT2D eigenvalue weighted by Crippen LogP contribution is -2.48. The first-order chi connectivity index (χ1) is 16.7. The van der Waals surface area contributed by atoms with Gasteiger partial charge in [-0.15, -0.1) is 0 Å². The number of nitriles is 2. The lowest BCUT2D eigenvalue weighted by molar-refractivity contribution is 0.384. The molecule has 0 saturated carbocycles. The predicted octanol–water partition coefficient (Wildman–Crippen LogP) is 1.71. The second kappa shape index (κ2) is 9.82. The van der Waals surface area contributed by atoms with Crippen LogP contribution in [-0.2, 0) is 19.9 Å². The van der Waals surface area contributed by atoms with Crippen molar-refractivity contribution in [1.29, 1.82) is 10.5 Å². The molecule has 1 aromatic carbocycles. The molecule has 2 atom stereocenters. The van der Waals surface area contributed by atoms with E-state index in [1.807, 2.05) is 11.0 Å². The maximum absolute atomic E-state index is 13.3. The molecule has 0 amide bonds. The van der Waals surface area contributed by atoms with E-state index in [1.54, 1.807) is 25.3 Å². The maximum atomic E-state index is 13.3. The number of sulfonamides is 1. The Balaban J connectivity index is 1.48. The van der Waals surface area contributed by atoms with Gasteiger partial charge in [0.05, 0.1) is 32.8 Å². The number of anilines is 2. The van der Waals surface area contributed by atoms with Crippen LogP contribution in [0.4, 0.5) is 11.4 Å². The highest BCUT2D eigenvalue weighted by Gasteiger charge is 2.32. The normalized spacial score (nSPS) is 22.7. The van der Waals surface area contributed by atoms with Gasteiger partial charge in [-0.2, -0.15) is 14.8 Å². The monoisotopic (exact) mass is 514 g/mol. The third-order valence-electron chi connectivity index (χ3n) is 6.55. The lowest BCUT2D eigenvalue weighted by Gasteiger charge is -2.35. The topological polar surface area (TPSA) is 147 Å². The Morgan fingerprint density at radius 3 is 2.49 bits per heavy atom. The molecule has 0 bridgehead atoms. The summed E-state index contributed by atoms with van der Waals surface area (Å²) in [5, 5.41) is 21.7. The molecule has 12 heteroatoms. The zero-order valence-corrected chi connectivity index (χ0v) is 20.9. The number of nitrogens with zero attached hydrogens (tertiary/aromatic N) is 5. The molecule has 2 aromatic rings. The van der Waals surface area contributed by atoms with E-state index in [-0.39, 0.29) is 40.6 Å². The van der Waals surface area contributed by atoms with Gasteiger partial charge in [0.1, 0.15) is 12.1 Å². The molecule has 2 unspecified atom stereocenters. The van der Waals surface area contributed by atoms with Crippen molar-refractivity contribution in [1.82, 2.24) is 9.29 Å². The number of hydrogen-bond acceptors (Lipinski definition) is 9. The van der Waals surface area contributed by atoms with E-state index in [4.69, 9.17) is 0 Å². The average Bonchev–Trinajstić information content (AvgIpc) is 2.86. The molecule has 0 aliphatic carbocycles. The van der Waals surface area contributed by atoms with E-state index in [1.165, 1.54) is 22.5 Å². The molecule has 3 heterocycles. The number of aromatic nitrogens is 1. The molecule has 0 spiro atoms. The fourth-order valence-corrected chi connectivity index (χ4v) is 7.52. The first kappa shape index (κ1) is 24.9. The van der Waals surface area contributed by atoms with Crippen LogP contribution in [0.3, 0.4) is 0 Å². The summed E-state index contributed by atoms with van der Waals surface area (Å²) in [7, 11) is -7.04. The fraction of sp³-hybridized carbons (Fsp3) is 0.435. The predicted molar refractivity (Wildman–Crippen MR) is 131 cm³/mol. The Labute approximate surface area is 205 Å². The number of pyridine rings is 1. The Morgan fingerprint density at radius 2 is 1.83 bits per heavy atom. The number of sulfone groups is 1. The van der Waals surface area contributed by atoms with Gasteiger partial charge in [0.2, 0.25) is 10.0 Å². The molecule has 2 saturated heterocycles. The van der Waals surface area contributed by atoms with Gasteiger partial charge in [0.25, 0.3) is 0 Å². The van der Waals surface area contributed by atoms with Crippen LogP contribution in [-0.4, -0.2) is 69.3 Å². The first-order valence-electron chi connectivity index (χ1n) is 11.3. The zero-order valence-electron chi connectivity index (χ0n) is 19.3. The molecule has 2 aliphatic rings. The Hall–Kier alpha value is -3.19. The average molecular weight is 515 g/mol. The third-order valence-corrected chi connectivity index (χ3v) is 10.8. The summed E-state index contributed by atoms with van der Waals surface area (Å²) in [6.07, 6.45) is 2.73. The van der Waals surface area contributed by atoms with Crippen LogP contribution in [0.5, 0.6) is 0 Å². The van der Waals surface area contributed by atoms with E-state index < -0.39 is 19.9 Å². The molecule has 0 radical (unpaired) electrons. The van der Waals surface area contributed by atoms with Crippen molar-refractivity contribution in [2.45, 2.75) is 36.0 Å². The van der Waals surface area contributed by atoms with Crippen molar-refractivity contribution >= 4 is 31.2 Å². The minimum Gasteiger partial charge on any atom is -0.380 e. The highest BCUT2D eigenvalue weighted by atomic mass is 32.2. The number of rotatable bonds is 5. The van der Waals surface area contributed by atoms with Crippen molar-refractivity contribution in [3.63, 3.8) is 0 Å². The summed E-state index contributed by atoms with van der Waals surface area (Å²) in [5.74, 6) is -0.0200. The van der Waals surface area contributed by atoms with Gasteiger partial charge < -0.3 is 10.2 Å². The molecular weight excluding hydrogens is 488 g/mol. The lowest BCUT2D eigenvalue weighted by atomic mass is 10.1. The van der Waals surface area contributed by atoms with Gasteiger partial charge in [-0.05, 0) is 50.1 Å². The van der Waals surface area contributed by atoms with E-state index in [9.17, 15) is 27.4 Å². The van der Waals surface area contributed by atoms with Crippen LogP contribution in [0.15, 0.2) is 41.4 Å². The molecular formula is C23H26N6O4S2. The molecule has 4 rings (SSSR count). The summed E-state index contributed by atoms with van der Waals surface area (Å²) in [5.41, 5.74) is 1.54. The summed E-state index contributed by atoms with van der Waals surface area (Å²) in [6.45, 7) is 2.95. The van der Waals surface area contributed by atoms with Gasteiger partial charge in [-0.1, -0.05) is 0 Å². The quantitative estimate of drug-likeness (QED) is 0.629. The molecule has 1 N–H and O–H groups in total. The van der Waals surface area contributed by atoms with E-state index >= 15 is 0 Å². The highest BCUT2D eigenvalue weighted by molar-refractivity contribution is 7.92. The van der Waals surface area contributed by atoms with Crippen LogP contribution in [0, 0.1) is 22.7 Å². The minimum absolute atomic E-state index is 0.0111. The summed E-state index contributed by atoms with van der Waals surface area (Å²) in [4.78, 5) is 6.01. The number of piperazine rings is 1. The second-order valence-electron chi connectivity index (χ2n) is 8.75. The van der Waals surface area contributed by atoms with Crippen LogP contribution < -0.4 is 10.2 Å². The number of nitrogens with one attached hydrogen (secondary N) is 1. The standard InChI is InChI=1S/C23H26N6O4S2/c1-17-4-5-19(16-34(17,30)31)27-21-7-6-20(13-18(21)14-24)35(32,33)29-11-9-28(10-12-29)23-3-2-8-26-22(23)15-25/h2-3,6-8,13,17,19,27H,4-5,9-12,16H2,1H3. The van der Waals surface area contributed by atoms with Crippen LogP contribution >= 0.6 is 0 Å². The molecule has 1 aromatic heterocycles. The summed E-state index contributed by atoms with van der Waals surface area (Å²) in [6, 6.07) is 11.6. The van der Waals surface area contributed by atoms with Crippen molar-refractivity contribution in [3.05, 3.63) is 47.8 Å². The summed E-state index contributed by atoms with van der Waals surface area (Å²) >= 11 is 0. The first-order valence-corrected chi connectivity index (χ1v) is 14.4. The van der Waals surface area contributed by atoms with Crippen molar-refractivity contribution in [3.8, 4) is 12.1 Å². The van der Waals surface area contributed by atoms with Crippen molar-refractivity contribution in [2.75, 3.05) is 42.1 Å². The van der Waals surface area contributed by atoms with E-state index in [2.05, 4.69) is 16.4 Å². The molecule has 184 valence electrons. The van der Waals surface area contributed by atoms with Gasteiger partial charge in [-0.25, -0.2) is 21.8 Å². The smallest absolute Gasteiger partial charge is 0.243 e. The molecule has 10 nitrogen and oxygen atoms in total. The van der Waals surface area contributed by atoms with Gasteiger partial charge in [0, 0.05) is 38.4 Å². The molecule has 2 aliphatic heterocycles. The van der Waals surface area contributed by atoms with Gasteiger partial charge in [0.15, 0.2) is 15.5 Å². The third kappa shape index (κ3) is 5.10. The van der Waals surface area contributed by atoms with E-state index in [0.29, 0.717) is 43.0 Å². The minimum atomic E-state index is -3.84. The maximum Gasteiger partial charge on any atom is 0.243 e. The largest absolute Gasteiger partial charge is 0.380 e. The zero-order chi connectivity index (χ0) is 25.2. The Kier molecular flexibility index (Phi) is 6.99. The second-order valence-corrected chi connectivity index (χ2v) is 13.2. The van der Waals surface area contributed by atoms with Crippen LogP contribution in [0.2, 0.25) is 0 Å². The van der Waals surface area contributed by atoms with Gasteiger partial charge >= 0.3 is 0 Å². The van der Waals surface area contributed by atoms with Crippen LogP contribution in [0.1, 0.15) is 31.0 Å². The summed E-state index contributed by atoms with van der Waals surface area (Å²) < 4.78 is 52.4. The fourth-order valence-electron chi connectivity index (χ4n) is 4.44. The number of benzene rings is 1.